The van der Waals surface area contributed by atoms with Gasteiger partial charge in [-0.05, 0) is 36.5 Å². The van der Waals surface area contributed by atoms with Crippen molar-refractivity contribution in [3.8, 4) is 0 Å². The fourth-order valence-corrected chi connectivity index (χ4v) is 4.58. The van der Waals surface area contributed by atoms with Gasteiger partial charge in [-0.15, -0.1) is 0 Å². The van der Waals surface area contributed by atoms with Gasteiger partial charge in [0.25, 0.3) is 5.91 Å². The zero-order valence-corrected chi connectivity index (χ0v) is 21.2. The molecule has 0 spiro atoms. The van der Waals surface area contributed by atoms with E-state index in [-0.39, 0.29) is 29.4 Å². The molecule has 1 aromatic heterocycles. The largest absolute Gasteiger partial charge is 0.397 e. The van der Waals surface area contributed by atoms with Crippen LogP contribution in [0.25, 0.3) is 6.08 Å². The molecule has 0 bridgehead atoms. The molecule has 3 amide bonds. The molecule has 0 aliphatic carbocycles. The third-order valence-electron chi connectivity index (χ3n) is 6.02. The van der Waals surface area contributed by atoms with Crippen molar-refractivity contribution in [2.75, 3.05) is 6.54 Å². The Hall–Kier alpha value is -2.26. The Bertz CT molecular complexity index is 896. The van der Waals surface area contributed by atoms with Gasteiger partial charge in [-0.2, -0.15) is 0 Å². The normalized spacial score (nSPS) is 18.0. The van der Waals surface area contributed by atoms with Crippen molar-refractivity contribution in [2.24, 2.45) is 0 Å². The van der Waals surface area contributed by atoms with E-state index < -0.39 is 26.0 Å². The molecule has 31 heavy (non-hydrogen) atoms. The fraction of sp³-hybridized carbons (Fsp3) is 0.636. The van der Waals surface area contributed by atoms with Gasteiger partial charge in [0.15, 0.2) is 8.32 Å². The first-order valence-corrected chi connectivity index (χ1v) is 13.7. The number of rotatable bonds is 6. The number of carbonyl (C=O) groups is 3. The molecule has 1 atom stereocenters. The standard InChI is InChI=1S/C22H36N4O4Si/c1-10-19(30-31(8,9)22(5,6)7)26-13-23-16(20(26)14(2)3)11-17-21(29)25(15(4)27)12-18(28)24-17/h11,13-14,19H,10,12H2,1-9H3,(H,24,28). The first-order chi connectivity index (χ1) is 14.2. The maximum Gasteiger partial charge on any atom is 0.277 e. The summed E-state index contributed by atoms with van der Waals surface area (Å²) in [5.74, 6) is -1.29. The van der Waals surface area contributed by atoms with Gasteiger partial charge < -0.3 is 14.3 Å². The molecule has 2 rings (SSSR count). The van der Waals surface area contributed by atoms with Crippen LogP contribution in [0.4, 0.5) is 0 Å². The van der Waals surface area contributed by atoms with E-state index in [1.807, 2.05) is 4.57 Å². The number of nitrogens with zero attached hydrogens (tertiary/aromatic N) is 3. The van der Waals surface area contributed by atoms with Gasteiger partial charge in [0.05, 0.1) is 12.0 Å². The molecule has 1 unspecified atom stereocenters. The van der Waals surface area contributed by atoms with Crippen LogP contribution in [0.15, 0.2) is 12.0 Å². The van der Waals surface area contributed by atoms with Crippen molar-refractivity contribution in [1.82, 2.24) is 19.8 Å². The minimum absolute atomic E-state index is 0.0527. The van der Waals surface area contributed by atoms with E-state index in [0.717, 1.165) is 17.0 Å². The Morgan fingerprint density at radius 1 is 1.32 bits per heavy atom. The number of hydrogen-bond acceptors (Lipinski definition) is 5. The van der Waals surface area contributed by atoms with Crippen molar-refractivity contribution in [2.45, 2.75) is 85.2 Å². The van der Waals surface area contributed by atoms with E-state index in [9.17, 15) is 14.4 Å². The first-order valence-electron chi connectivity index (χ1n) is 10.8. The molecule has 172 valence electrons. The number of piperazine rings is 1. The minimum atomic E-state index is -2.02. The molecule has 1 aliphatic heterocycles. The van der Waals surface area contributed by atoms with Crippen LogP contribution in [0.2, 0.25) is 18.1 Å². The van der Waals surface area contributed by atoms with Crippen LogP contribution in [0.5, 0.6) is 0 Å². The molecule has 8 nitrogen and oxygen atoms in total. The van der Waals surface area contributed by atoms with Crippen LogP contribution >= 0.6 is 0 Å². The van der Waals surface area contributed by atoms with Gasteiger partial charge in [0.2, 0.25) is 11.8 Å². The molecule has 0 aromatic carbocycles. The number of nitrogens with one attached hydrogen (secondary N) is 1. The lowest BCUT2D eigenvalue weighted by Crippen LogP contribution is -2.51. The van der Waals surface area contributed by atoms with Crippen molar-refractivity contribution in [3.05, 3.63) is 23.4 Å². The van der Waals surface area contributed by atoms with Crippen LogP contribution in [0, 0.1) is 0 Å². The summed E-state index contributed by atoms with van der Waals surface area (Å²) >= 11 is 0. The van der Waals surface area contributed by atoms with Crippen LogP contribution in [0.1, 0.15) is 78.4 Å². The second-order valence-electron chi connectivity index (χ2n) is 9.83. The average molecular weight is 449 g/mol. The fourth-order valence-electron chi connectivity index (χ4n) is 3.27. The summed E-state index contributed by atoms with van der Waals surface area (Å²) in [6.45, 7) is 18.2. The summed E-state index contributed by atoms with van der Waals surface area (Å²) in [5.41, 5.74) is 1.55. The van der Waals surface area contributed by atoms with E-state index in [1.54, 1.807) is 12.4 Å². The van der Waals surface area contributed by atoms with Gasteiger partial charge in [-0.1, -0.05) is 41.5 Å². The van der Waals surface area contributed by atoms with Crippen LogP contribution in [-0.2, 0) is 18.8 Å². The van der Waals surface area contributed by atoms with Crippen molar-refractivity contribution >= 4 is 32.1 Å². The Balaban J connectivity index is 2.48. The molecule has 9 heteroatoms. The predicted molar refractivity (Wildman–Crippen MR) is 122 cm³/mol. The van der Waals surface area contributed by atoms with E-state index in [4.69, 9.17) is 4.43 Å². The third kappa shape index (κ3) is 5.33. The molecule has 0 saturated carbocycles. The highest BCUT2D eigenvalue weighted by molar-refractivity contribution is 6.74. The van der Waals surface area contributed by atoms with Crippen molar-refractivity contribution in [3.63, 3.8) is 0 Å². The molecular formula is C22H36N4O4Si. The monoisotopic (exact) mass is 448 g/mol. The molecule has 1 fully saturated rings. The highest BCUT2D eigenvalue weighted by atomic mass is 28.4. The lowest BCUT2D eigenvalue weighted by Gasteiger charge is -2.39. The Labute approximate surface area is 186 Å². The smallest absolute Gasteiger partial charge is 0.277 e. The molecule has 1 N–H and O–H groups in total. The molecule has 0 radical (unpaired) electrons. The molecular weight excluding hydrogens is 412 g/mol. The summed E-state index contributed by atoms with van der Waals surface area (Å²) in [6.07, 6.45) is 3.89. The van der Waals surface area contributed by atoms with Gasteiger partial charge >= 0.3 is 0 Å². The zero-order valence-electron chi connectivity index (χ0n) is 20.2. The van der Waals surface area contributed by atoms with Crippen molar-refractivity contribution in [1.29, 1.82) is 0 Å². The number of carbonyl (C=O) groups excluding carboxylic acids is 3. The Morgan fingerprint density at radius 3 is 2.42 bits per heavy atom. The van der Waals surface area contributed by atoms with Crippen LogP contribution < -0.4 is 5.32 Å². The first kappa shape index (κ1) is 25.0. The van der Waals surface area contributed by atoms with Crippen molar-refractivity contribution < 1.29 is 18.8 Å². The molecule has 1 saturated heterocycles. The maximum atomic E-state index is 12.7. The molecule has 2 heterocycles. The van der Waals surface area contributed by atoms with Crippen LogP contribution in [0.3, 0.4) is 0 Å². The highest BCUT2D eigenvalue weighted by Gasteiger charge is 2.40. The minimum Gasteiger partial charge on any atom is -0.397 e. The zero-order chi connectivity index (χ0) is 23.7. The van der Waals surface area contributed by atoms with Gasteiger partial charge in [-0.25, -0.2) is 4.98 Å². The van der Waals surface area contributed by atoms with E-state index in [0.29, 0.717) is 5.69 Å². The number of amides is 3. The quantitative estimate of drug-likeness (QED) is 0.528. The maximum absolute atomic E-state index is 12.7. The number of imide groups is 1. The average Bonchev–Trinajstić information content (AvgIpc) is 3.04. The number of hydrogen-bond donors (Lipinski definition) is 1. The lowest BCUT2D eigenvalue weighted by atomic mass is 10.1. The topological polar surface area (TPSA) is 93.5 Å². The van der Waals surface area contributed by atoms with Gasteiger partial charge in [0, 0.05) is 12.6 Å². The van der Waals surface area contributed by atoms with E-state index in [2.05, 4.69) is 64.9 Å². The second-order valence-corrected chi connectivity index (χ2v) is 14.6. The Kier molecular flexibility index (Phi) is 7.32. The van der Waals surface area contributed by atoms with E-state index in [1.165, 1.54) is 6.92 Å². The molecule has 1 aliphatic rings. The lowest BCUT2D eigenvalue weighted by molar-refractivity contribution is -0.147. The van der Waals surface area contributed by atoms with Gasteiger partial charge in [0.1, 0.15) is 18.5 Å². The predicted octanol–water partition coefficient (Wildman–Crippen LogP) is 3.78. The number of aromatic nitrogens is 2. The summed E-state index contributed by atoms with van der Waals surface area (Å²) < 4.78 is 8.71. The molecule has 1 aromatic rings. The number of imidazole rings is 1. The van der Waals surface area contributed by atoms with Gasteiger partial charge in [-0.3, -0.25) is 19.3 Å². The van der Waals surface area contributed by atoms with Crippen LogP contribution in [-0.4, -0.2) is 47.0 Å². The summed E-state index contributed by atoms with van der Waals surface area (Å²) in [7, 11) is -2.02. The summed E-state index contributed by atoms with van der Waals surface area (Å²) in [6, 6.07) is 0. The highest BCUT2D eigenvalue weighted by Crippen LogP contribution is 2.40. The summed E-state index contributed by atoms with van der Waals surface area (Å²) in [5, 5.41) is 2.65. The van der Waals surface area contributed by atoms with E-state index >= 15 is 0 Å². The summed E-state index contributed by atoms with van der Waals surface area (Å²) in [4.78, 5) is 41.9. The third-order valence-corrected chi connectivity index (χ3v) is 10.5. The SMILES string of the molecule is CCC(O[Si](C)(C)C(C)(C)C)n1cnc(C=C2NC(=O)CN(C(C)=O)C2=O)c1C(C)C. The Morgan fingerprint density at radius 2 is 1.94 bits per heavy atom. The second kappa shape index (κ2) is 9.08.